The first-order chi connectivity index (χ1) is 14.3. The molecule has 154 valence electrons. The van der Waals surface area contributed by atoms with Gasteiger partial charge in [-0.3, -0.25) is 4.90 Å². The summed E-state index contributed by atoms with van der Waals surface area (Å²) in [6.45, 7) is 4.04. The number of halogens is 1. The van der Waals surface area contributed by atoms with Crippen molar-refractivity contribution < 1.29 is 9.13 Å². The van der Waals surface area contributed by atoms with Crippen LogP contribution in [0.1, 0.15) is 43.2 Å². The standard InChI is InChI=1S/C22H28FN5O/c23-20-6-3-5-19(15-20)16-27(12-4-11-26-13-10-24-18-26)17-21-8-9-25-28(21)22-7-1-2-14-29-22/h3,5-6,8-10,13,15,18,22H,1-2,4,7,11-12,14,16-17H2/t22-/m0/s1. The lowest BCUT2D eigenvalue weighted by Gasteiger charge is -2.27. The maximum atomic E-state index is 13.7. The highest BCUT2D eigenvalue weighted by Gasteiger charge is 2.20. The van der Waals surface area contributed by atoms with Gasteiger partial charge in [-0.05, 0) is 49.4 Å². The van der Waals surface area contributed by atoms with Crippen molar-refractivity contribution in [1.29, 1.82) is 0 Å². The first-order valence-corrected chi connectivity index (χ1v) is 10.3. The lowest BCUT2D eigenvalue weighted by atomic mass is 10.2. The van der Waals surface area contributed by atoms with E-state index in [4.69, 9.17) is 4.74 Å². The van der Waals surface area contributed by atoms with Gasteiger partial charge >= 0.3 is 0 Å². The maximum Gasteiger partial charge on any atom is 0.150 e. The summed E-state index contributed by atoms with van der Waals surface area (Å²) >= 11 is 0. The molecule has 1 aliphatic heterocycles. The minimum Gasteiger partial charge on any atom is -0.357 e. The van der Waals surface area contributed by atoms with Crippen molar-refractivity contribution >= 4 is 0 Å². The molecular formula is C22H28FN5O. The normalized spacial score (nSPS) is 17.1. The molecule has 7 heteroatoms. The van der Waals surface area contributed by atoms with E-state index in [9.17, 15) is 4.39 Å². The second-order valence-corrected chi connectivity index (χ2v) is 7.58. The Morgan fingerprint density at radius 1 is 1.17 bits per heavy atom. The van der Waals surface area contributed by atoms with Crippen molar-refractivity contribution in [1.82, 2.24) is 24.2 Å². The van der Waals surface area contributed by atoms with Gasteiger partial charge in [0.05, 0.1) is 12.0 Å². The second kappa shape index (κ2) is 9.80. The van der Waals surface area contributed by atoms with E-state index in [1.54, 1.807) is 18.3 Å². The van der Waals surface area contributed by atoms with Crippen molar-refractivity contribution in [3.8, 4) is 0 Å². The smallest absolute Gasteiger partial charge is 0.150 e. The Morgan fingerprint density at radius 2 is 2.14 bits per heavy atom. The largest absolute Gasteiger partial charge is 0.357 e. The molecule has 0 radical (unpaired) electrons. The molecule has 3 heterocycles. The van der Waals surface area contributed by atoms with E-state index in [2.05, 4.69) is 25.6 Å². The average Bonchev–Trinajstić information content (AvgIpc) is 3.41. The molecule has 2 aromatic heterocycles. The highest BCUT2D eigenvalue weighted by Crippen LogP contribution is 2.24. The first-order valence-electron chi connectivity index (χ1n) is 10.3. The van der Waals surface area contributed by atoms with Gasteiger partial charge in [-0.25, -0.2) is 14.1 Å². The SMILES string of the molecule is Fc1cccc(CN(CCCn2ccnc2)Cc2ccnn2[C@@H]2CCCCO2)c1. The molecule has 0 saturated carbocycles. The van der Waals surface area contributed by atoms with Gasteiger partial charge in [0.2, 0.25) is 0 Å². The number of hydrogen-bond donors (Lipinski definition) is 0. The fourth-order valence-electron chi connectivity index (χ4n) is 3.88. The lowest BCUT2D eigenvalue weighted by molar-refractivity contribution is -0.0421. The molecule has 1 atom stereocenters. The van der Waals surface area contributed by atoms with Crippen LogP contribution < -0.4 is 0 Å². The third kappa shape index (κ3) is 5.52. The van der Waals surface area contributed by atoms with E-state index in [0.717, 1.165) is 56.8 Å². The van der Waals surface area contributed by atoms with Gasteiger partial charge in [0.1, 0.15) is 5.82 Å². The number of hydrogen-bond acceptors (Lipinski definition) is 4. The Hall–Kier alpha value is -2.51. The summed E-state index contributed by atoms with van der Waals surface area (Å²) in [6.07, 6.45) is 11.8. The summed E-state index contributed by atoms with van der Waals surface area (Å²) in [5.41, 5.74) is 2.11. The van der Waals surface area contributed by atoms with Gasteiger partial charge < -0.3 is 9.30 Å². The van der Waals surface area contributed by atoms with Crippen molar-refractivity contribution in [2.45, 2.75) is 51.5 Å². The molecule has 3 aromatic rings. The van der Waals surface area contributed by atoms with Crippen LogP contribution in [-0.2, 0) is 24.4 Å². The van der Waals surface area contributed by atoms with E-state index >= 15 is 0 Å². The molecule has 0 spiro atoms. The lowest BCUT2D eigenvalue weighted by Crippen LogP contribution is -2.28. The first kappa shape index (κ1) is 19.8. The minimum absolute atomic E-state index is 0.0238. The Bertz CT molecular complexity index is 873. The van der Waals surface area contributed by atoms with Gasteiger partial charge in [0.15, 0.2) is 6.23 Å². The van der Waals surface area contributed by atoms with Crippen LogP contribution in [0, 0.1) is 5.82 Å². The molecule has 1 aromatic carbocycles. The van der Waals surface area contributed by atoms with Crippen molar-refractivity contribution in [2.75, 3.05) is 13.2 Å². The molecular weight excluding hydrogens is 369 g/mol. The van der Waals surface area contributed by atoms with Crippen LogP contribution >= 0.6 is 0 Å². The van der Waals surface area contributed by atoms with Crippen LogP contribution in [-0.4, -0.2) is 37.4 Å². The molecule has 0 aliphatic carbocycles. The molecule has 1 fully saturated rings. The maximum absolute atomic E-state index is 13.7. The Labute approximate surface area is 170 Å². The molecule has 0 N–H and O–H groups in total. The number of ether oxygens (including phenoxy) is 1. The van der Waals surface area contributed by atoms with Gasteiger partial charge in [0.25, 0.3) is 0 Å². The van der Waals surface area contributed by atoms with Crippen molar-refractivity contribution in [2.24, 2.45) is 0 Å². The summed E-state index contributed by atoms with van der Waals surface area (Å²) < 4.78 is 23.7. The molecule has 0 amide bonds. The van der Waals surface area contributed by atoms with Crippen LogP contribution in [0.5, 0.6) is 0 Å². The molecule has 4 rings (SSSR count). The minimum atomic E-state index is -0.193. The summed E-state index contributed by atoms with van der Waals surface area (Å²) in [7, 11) is 0. The fraction of sp³-hybridized carbons (Fsp3) is 0.455. The van der Waals surface area contributed by atoms with Crippen LogP contribution in [0.2, 0.25) is 0 Å². The molecule has 6 nitrogen and oxygen atoms in total. The van der Waals surface area contributed by atoms with E-state index in [1.807, 2.05) is 29.5 Å². The predicted octanol–water partition coefficient (Wildman–Crippen LogP) is 4.01. The topological polar surface area (TPSA) is 48.1 Å². The summed E-state index contributed by atoms with van der Waals surface area (Å²) in [5, 5.41) is 4.53. The average molecular weight is 397 g/mol. The fourth-order valence-corrected chi connectivity index (χ4v) is 3.88. The number of nitrogens with zero attached hydrogens (tertiary/aromatic N) is 5. The Morgan fingerprint density at radius 3 is 2.93 bits per heavy atom. The second-order valence-electron chi connectivity index (χ2n) is 7.58. The monoisotopic (exact) mass is 397 g/mol. The van der Waals surface area contributed by atoms with E-state index in [-0.39, 0.29) is 12.0 Å². The third-order valence-corrected chi connectivity index (χ3v) is 5.31. The van der Waals surface area contributed by atoms with Gasteiger partial charge in [0, 0.05) is 51.4 Å². The van der Waals surface area contributed by atoms with Gasteiger partial charge in [-0.2, -0.15) is 5.10 Å². The van der Waals surface area contributed by atoms with Gasteiger partial charge in [-0.15, -0.1) is 0 Å². The zero-order valence-electron chi connectivity index (χ0n) is 16.7. The quantitative estimate of drug-likeness (QED) is 0.547. The molecule has 29 heavy (non-hydrogen) atoms. The number of imidazole rings is 1. The Balaban J connectivity index is 1.45. The predicted molar refractivity (Wildman–Crippen MR) is 108 cm³/mol. The summed E-state index contributed by atoms with van der Waals surface area (Å²) in [6, 6.07) is 8.92. The van der Waals surface area contributed by atoms with Crippen LogP contribution in [0.3, 0.4) is 0 Å². The number of rotatable bonds is 9. The highest BCUT2D eigenvalue weighted by molar-refractivity contribution is 5.16. The molecule has 0 bridgehead atoms. The molecule has 1 saturated heterocycles. The number of aryl methyl sites for hydroxylation is 1. The number of benzene rings is 1. The Kier molecular flexibility index (Phi) is 6.69. The van der Waals surface area contributed by atoms with Crippen LogP contribution in [0.25, 0.3) is 0 Å². The summed E-state index contributed by atoms with van der Waals surface area (Å²) in [5.74, 6) is -0.193. The molecule has 1 aliphatic rings. The molecule has 0 unspecified atom stereocenters. The zero-order valence-corrected chi connectivity index (χ0v) is 16.7. The van der Waals surface area contributed by atoms with Crippen molar-refractivity contribution in [3.05, 3.63) is 72.3 Å². The van der Waals surface area contributed by atoms with E-state index in [0.29, 0.717) is 6.54 Å². The van der Waals surface area contributed by atoms with E-state index in [1.165, 1.54) is 12.5 Å². The zero-order chi connectivity index (χ0) is 19.9. The van der Waals surface area contributed by atoms with Crippen molar-refractivity contribution in [3.63, 3.8) is 0 Å². The third-order valence-electron chi connectivity index (χ3n) is 5.31. The van der Waals surface area contributed by atoms with Crippen LogP contribution in [0.15, 0.2) is 55.2 Å². The number of aromatic nitrogens is 4. The summed E-state index contributed by atoms with van der Waals surface area (Å²) in [4.78, 5) is 6.45. The van der Waals surface area contributed by atoms with E-state index < -0.39 is 0 Å². The van der Waals surface area contributed by atoms with Gasteiger partial charge in [-0.1, -0.05) is 12.1 Å². The highest BCUT2D eigenvalue weighted by atomic mass is 19.1. The van der Waals surface area contributed by atoms with Crippen LogP contribution in [0.4, 0.5) is 4.39 Å².